The minimum atomic E-state index is -0.950. The second-order valence-corrected chi connectivity index (χ2v) is 4.28. The zero-order valence-electron chi connectivity index (χ0n) is 10.2. The summed E-state index contributed by atoms with van der Waals surface area (Å²) in [6.07, 6.45) is 0. The molecule has 5 heteroatoms. The number of Topliss-reactive ketones (excluding diaryl/α,β-unsaturated/α-hetero) is 1. The molecule has 1 aromatic carbocycles. The molecule has 5 nitrogen and oxygen atoms in total. The first-order valence-corrected chi connectivity index (χ1v) is 5.14. The van der Waals surface area contributed by atoms with Gasteiger partial charge in [0.05, 0.1) is 19.8 Å². The highest BCUT2D eigenvalue weighted by atomic mass is 16.6. The summed E-state index contributed by atoms with van der Waals surface area (Å²) >= 11 is 0. The molecular formula is C12H14O5. The highest BCUT2D eigenvalue weighted by Gasteiger charge is 2.43. The summed E-state index contributed by atoms with van der Waals surface area (Å²) in [6.45, 7) is 3.33. The highest BCUT2D eigenvalue weighted by molar-refractivity contribution is 6.08. The Morgan fingerprint density at radius 1 is 1.24 bits per heavy atom. The maximum atomic E-state index is 12.0. The van der Waals surface area contributed by atoms with Crippen LogP contribution in [0.25, 0.3) is 0 Å². The molecule has 0 aliphatic carbocycles. The number of phenolic OH excluding ortho intramolecular Hbond substituents is 1. The number of aromatic hydroxyl groups is 1. The zero-order valence-corrected chi connectivity index (χ0v) is 10.2. The second kappa shape index (κ2) is 3.55. The Balaban J connectivity index is 2.70. The topological polar surface area (TPSA) is 65.0 Å². The van der Waals surface area contributed by atoms with E-state index in [1.807, 2.05) is 0 Å². The van der Waals surface area contributed by atoms with E-state index < -0.39 is 5.60 Å². The Morgan fingerprint density at radius 2 is 1.82 bits per heavy atom. The minimum absolute atomic E-state index is 0.141. The fraction of sp³-hybridized carbons (Fsp3) is 0.417. The van der Waals surface area contributed by atoms with E-state index in [1.165, 1.54) is 20.3 Å². The number of fused-ring (bicyclic) bond motifs is 1. The number of phenols is 1. The van der Waals surface area contributed by atoms with Crippen molar-refractivity contribution in [3.63, 3.8) is 0 Å². The lowest BCUT2D eigenvalue weighted by molar-refractivity contribution is 0.0678. The maximum Gasteiger partial charge on any atom is 0.209 e. The Labute approximate surface area is 98.9 Å². The van der Waals surface area contributed by atoms with Crippen LogP contribution < -0.4 is 14.2 Å². The van der Waals surface area contributed by atoms with Gasteiger partial charge in [-0.05, 0) is 19.9 Å². The Morgan fingerprint density at radius 3 is 2.35 bits per heavy atom. The molecule has 1 N–H and O–H groups in total. The van der Waals surface area contributed by atoms with E-state index in [4.69, 9.17) is 14.2 Å². The number of hydrogen-bond donors (Lipinski definition) is 1. The quantitative estimate of drug-likeness (QED) is 0.850. The summed E-state index contributed by atoms with van der Waals surface area (Å²) in [5.41, 5.74) is -0.640. The number of carbonyl (C=O) groups excluding carboxylic acids is 1. The highest BCUT2D eigenvalue weighted by Crippen LogP contribution is 2.50. The van der Waals surface area contributed by atoms with Crippen LogP contribution in [0.5, 0.6) is 23.0 Å². The van der Waals surface area contributed by atoms with Gasteiger partial charge < -0.3 is 19.3 Å². The van der Waals surface area contributed by atoms with Gasteiger partial charge in [-0.3, -0.25) is 4.79 Å². The molecule has 1 aliphatic heterocycles. The van der Waals surface area contributed by atoms with Crippen molar-refractivity contribution in [1.82, 2.24) is 0 Å². The van der Waals surface area contributed by atoms with E-state index in [1.54, 1.807) is 13.8 Å². The predicted molar refractivity (Wildman–Crippen MR) is 60.2 cm³/mol. The van der Waals surface area contributed by atoms with Crippen molar-refractivity contribution in [2.45, 2.75) is 19.4 Å². The minimum Gasteiger partial charge on any atom is -0.504 e. The molecule has 0 bridgehead atoms. The van der Waals surface area contributed by atoms with Crippen LogP contribution in [0.2, 0.25) is 0 Å². The molecule has 0 spiro atoms. The molecule has 0 unspecified atom stereocenters. The summed E-state index contributed by atoms with van der Waals surface area (Å²) < 4.78 is 15.7. The number of ether oxygens (including phenoxy) is 3. The third-order valence-electron chi connectivity index (χ3n) is 2.73. The molecule has 0 atom stereocenters. The van der Waals surface area contributed by atoms with Gasteiger partial charge in [0.25, 0.3) is 0 Å². The summed E-state index contributed by atoms with van der Waals surface area (Å²) in [7, 11) is 2.84. The largest absolute Gasteiger partial charge is 0.504 e. The van der Waals surface area contributed by atoms with Gasteiger partial charge in [0, 0.05) is 0 Å². The third kappa shape index (κ3) is 1.50. The Bertz CT molecular complexity index is 490. The molecule has 92 valence electrons. The van der Waals surface area contributed by atoms with Crippen molar-refractivity contribution >= 4 is 5.78 Å². The van der Waals surface area contributed by atoms with Crippen LogP contribution in [0, 0.1) is 0 Å². The summed E-state index contributed by atoms with van der Waals surface area (Å²) in [5, 5.41) is 9.76. The van der Waals surface area contributed by atoms with Crippen LogP contribution in [0.3, 0.4) is 0 Å². The average Bonchev–Trinajstić information content (AvgIpc) is 2.49. The van der Waals surface area contributed by atoms with E-state index in [0.717, 1.165) is 0 Å². The van der Waals surface area contributed by atoms with E-state index in [0.29, 0.717) is 11.3 Å². The maximum absolute atomic E-state index is 12.0. The van der Waals surface area contributed by atoms with Gasteiger partial charge in [-0.1, -0.05) is 0 Å². The zero-order chi connectivity index (χ0) is 12.8. The fourth-order valence-electron chi connectivity index (χ4n) is 1.89. The van der Waals surface area contributed by atoms with E-state index in [9.17, 15) is 9.90 Å². The van der Waals surface area contributed by atoms with Gasteiger partial charge in [-0.2, -0.15) is 0 Å². The van der Waals surface area contributed by atoms with Crippen molar-refractivity contribution in [3.05, 3.63) is 11.6 Å². The van der Waals surface area contributed by atoms with Crippen LogP contribution in [-0.2, 0) is 0 Å². The number of hydrogen-bond acceptors (Lipinski definition) is 5. The average molecular weight is 238 g/mol. The van der Waals surface area contributed by atoms with Gasteiger partial charge >= 0.3 is 0 Å². The monoisotopic (exact) mass is 238 g/mol. The number of rotatable bonds is 2. The fourth-order valence-corrected chi connectivity index (χ4v) is 1.89. The standard InChI is InChI=1S/C12H14O5/c1-12(2)11(14)6-5-7(13)9(15-3)10(16-4)8(6)17-12/h5,13H,1-4H3. The van der Waals surface area contributed by atoms with Crippen molar-refractivity contribution < 1.29 is 24.1 Å². The van der Waals surface area contributed by atoms with E-state index in [2.05, 4.69) is 0 Å². The predicted octanol–water partition coefficient (Wildman–Crippen LogP) is 1.76. The summed E-state index contributed by atoms with van der Waals surface area (Å²) in [5.74, 6) is 0.386. The molecule has 1 aromatic rings. The van der Waals surface area contributed by atoms with Gasteiger partial charge in [-0.25, -0.2) is 0 Å². The van der Waals surface area contributed by atoms with Crippen LogP contribution >= 0.6 is 0 Å². The molecule has 1 aliphatic rings. The first kappa shape index (κ1) is 11.6. The number of ketones is 1. The number of carbonyl (C=O) groups is 1. The summed E-state index contributed by atoms with van der Waals surface area (Å²) in [4.78, 5) is 12.0. The van der Waals surface area contributed by atoms with Gasteiger partial charge in [0.1, 0.15) is 0 Å². The van der Waals surface area contributed by atoms with Crippen molar-refractivity contribution in [2.75, 3.05) is 14.2 Å². The summed E-state index contributed by atoms with van der Waals surface area (Å²) in [6, 6.07) is 1.34. The smallest absolute Gasteiger partial charge is 0.209 e. The van der Waals surface area contributed by atoms with Crippen molar-refractivity contribution in [1.29, 1.82) is 0 Å². The Kier molecular flexibility index (Phi) is 2.41. The molecule has 0 fully saturated rings. The van der Waals surface area contributed by atoms with Gasteiger partial charge in [0.2, 0.25) is 17.3 Å². The van der Waals surface area contributed by atoms with Crippen LogP contribution in [0.4, 0.5) is 0 Å². The lowest BCUT2D eigenvalue weighted by atomic mass is 9.99. The molecule has 0 aromatic heterocycles. The molecular weight excluding hydrogens is 224 g/mol. The van der Waals surface area contributed by atoms with Crippen LogP contribution in [-0.4, -0.2) is 30.7 Å². The van der Waals surface area contributed by atoms with Crippen molar-refractivity contribution in [3.8, 4) is 23.0 Å². The Hall–Kier alpha value is -1.91. The normalized spacial score (nSPS) is 16.4. The third-order valence-corrected chi connectivity index (χ3v) is 2.73. The lowest BCUT2D eigenvalue weighted by Gasteiger charge is -2.17. The van der Waals surface area contributed by atoms with E-state index >= 15 is 0 Å². The molecule has 2 rings (SSSR count). The van der Waals surface area contributed by atoms with E-state index in [-0.39, 0.29) is 23.0 Å². The van der Waals surface area contributed by atoms with Gasteiger partial charge in [0.15, 0.2) is 17.1 Å². The first-order valence-electron chi connectivity index (χ1n) is 5.14. The molecule has 0 saturated carbocycles. The lowest BCUT2D eigenvalue weighted by Crippen LogP contribution is -2.31. The number of benzene rings is 1. The molecule has 17 heavy (non-hydrogen) atoms. The van der Waals surface area contributed by atoms with Crippen LogP contribution in [0.1, 0.15) is 24.2 Å². The molecule has 0 saturated heterocycles. The van der Waals surface area contributed by atoms with Gasteiger partial charge in [-0.15, -0.1) is 0 Å². The molecule has 1 heterocycles. The molecule has 0 amide bonds. The second-order valence-electron chi connectivity index (χ2n) is 4.28. The first-order chi connectivity index (χ1) is 7.92. The SMILES string of the molecule is COc1c(O)cc2c(c1OC)OC(C)(C)C2=O. The van der Waals surface area contributed by atoms with Crippen molar-refractivity contribution in [2.24, 2.45) is 0 Å². The number of methoxy groups -OCH3 is 2. The molecule has 0 radical (unpaired) electrons. The van der Waals surface area contributed by atoms with Crippen LogP contribution in [0.15, 0.2) is 6.07 Å².